The number of carbonyl (C=O) groups excluding carboxylic acids is 2. The zero-order valence-corrected chi connectivity index (χ0v) is 14.7. The molecule has 3 rings (SSSR count). The molecule has 0 fully saturated rings. The number of hydrogen-bond donors (Lipinski definition) is 0. The van der Waals surface area contributed by atoms with Crippen molar-refractivity contribution in [3.8, 4) is 0 Å². The zero-order valence-electron chi connectivity index (χ0n) is 11.8. The predicted molar refractivity (Wildman–Crippen MR) is 92.7 cm³/mol. The number of amides is 1. The van der Waals surface area contributed by atoms with Gasteiger partial charge in [-0.15, -0.1) is 0 Å². The van der Waals surface area contributed by atoms with E-state index in [1.54, 1.807) is 33.4 Å². The SMILES string of the molecule is CCN1C(=O)c2ccccc2I1OC(=O)c1cccc(Cl)c1. The molecule has 0 saturated carbocycles. The van der Waals surface area contributed by atoms with Crippen molar-refractivity contribution in [2.24, 2.45) is 0 Å². The molecule has 1 aliphatic rings. The van der Waals surface area contributed by atoms with Crippen LogP contribution in [0.3, 0.4) is 0 Å². The number of benzene rings is 2. The average molecular weight is 430 g/mol. The Morgan fingerprint density at radius 1 is 1.23 bits per heavy atom. The summed E-state index contributed by atoms with van der Waals surface area (Å²) in [6.45, 7) is 2.42. The summed E-state index contributed by atoms with van der Waals surface area (Å²) in [7, 11) is 0. The van der Waals surface area contributed by atoms with Crippen molar-refractivity contribution < 1.29 is 12.7 Å². The van der Waals surface area contributed by atoms with Crippen LogP contribution in [0.2, 0.25) is 5.02 Å². The normalized spacial score (nSPS) is 14.9. The van der Waals surface area contributed by atoms with Gasteiger partial charge in [-0.25, -0.2) is 0 Å². The van der Waals surface area contributed by atoms with Crippen LogP contribution >= 0.6 is 32.1 Å². The molecule has 0 spiro atoms. The first-order valence-electron chi connectivity index (χ1n) is 6.71. The van der Waals surface area contributed by atoms with Gasteiger partial charge in [-0.1, -0.05) is 0 Å². The number of halogens is 2. The standard InChI is InChI=1S/C16H13ClINO3/c1-2-19-15(20)13-8-3-4-9-14(13)18(19)22-16(21)11-6-5-7-12(17)10-11/h3-10H,2H2,1H3. The second-order valence-corrected chi connectivity index (χ2v) is 9.09. The molecule has 22 heavy (non-hydrogen) atoms. The molecule has 2 aromatic rings. The van der Waals surface area contributed by atoms with Crippen LogP contribution in [-0.2, 0) is 3.07 Å². The molecule has 0 N–H and O–H groups in total. The third-order valence-electron chi connectivity index (χ3n) is 3.17. The summed E-state index contributed by atoms with van der Waals surface area (Å²) >= 11 is 3.40. The molecule has 0 aromatic heterocycles. The second kappa shape index (κ2) is 6.26. The molecule has 0 unspecified atom stereocenters. The van der Waals surface area contributed by atoms with Crippen LogP contribution in [0, 0.1) is 3.57 Å². The monoisotopic (exact) mass is 429 g/mol. The number of fused-ring (bicyclic) bond motifs is 1. The first kappa shape index (κ1) is 15.3. The Labute approximate surface area is 141 Å². The molecular formula is C16H13ClINO3. The van der Waals surface area contributed by atoms with E-state index in [1.165, 1.54) is 0 Å². The summed E-state index contributed by atoms with van der Waals surface area (Å²) in [6.07, 6.45) is 0. The first-order chi connectivity index (χ1) is 10.6. The number of carbonyl (C=O) groups is 2. The third-order valence-corrected chi connectivity index (χ3v) is 8.33. The Hall–Kier alpha value is -1.60. The van der Waals surface area contributed by atoms with Gasteiger partial charge in [0.05, 0.1) is 0 Å². The van der Waals surface area contributed by atoms with Gasteiger partial charge in [-0.3, -0.25) is 0 Å². The molecule has 1 aliphatic heterocycles. The maximum absolute atomic E-state index is 12.4. The Balaban J connectivity index is 1.91. The van der Waals surface area contributed by atoms with E-state index in [9.17, 15) is 9.59 Å². The van der Waals surface area contributed by atoms with Gasteiger partial charge in [-0.2, -0.15) is 0 Å². The first-order valence-corrected chi connectivity index (χ1v) is 10.0. The number of hydrogen-bond acceptors (Lipinski definition) is 3. The van der Waals surface area contributed by atoms with Crippen LogP contribution in [-0.4, -0.2) is 21.5 Å². The van der Waals surface area contributed by atoms with E-state index in [0.29, 0.717) is 22.7 Å². The van der Waals surface area contributed by atoms with Crippen LogP contribution in [0.1, 0.15) is 27.6 Å². The molecule has 0 atom stereocenters. The number of nitrogens with zero attached hydrogens (tertiary/aromatic N) is 1. The Morgan fingerprint density at radius 3 is 2.73 bits per heavy atom. The van der Waals surface area contributed by atoms with Crippen LogP contribution < -0.4 is 0 Å². The van der Waals surface area contributed by atoms with E-state index in [0.717, 1.165) is 3.57 Å². The van der Waals surface area contributed by atoms with Crippen LogP contribution in [0.25, 0.3) is 0 Å². The Kier molecular flexibility index (Phi) is 4.35. The van der Waals surface area contributed by atoms with Crippen molar-refractivity contribution in [2.45, 2.75) is 6.92 Å². The van der Waals surface area contributed by atoms with Gasteiger partial charge in [0.2, 0.25) is 0 Å². The molecule has 6 heteroatoms. The number of rotatable bonds is 3. The van der Waals surface area contributed by atoms with Gasteiger partial charge in [-0.05, 0) is 0 Å². The Bertz CT molecular complexity index is 750. The molecule has 2 aromatic carbocycles. The summed E-state index contributed by atoms with van der Waals surface area (Å²) in [4.78, 5) is 24.7. The fourth-order valence-corrected chi connectivity index (χ4v) is 6.77. The molecular weight excluding hydrogens is 417 g/mol. The van der Waals surface area contributed by atoms with Gasteiger partial charge < -0.3 is 0 Å². The van der Waals surface area contributed by atoms with Crippen LogP contribution in [0.15, 0.2) is 48.5 Å². The average Bonchev–Trinajstić information content (AvgIpc) is 2.80. The quantitative estimate of drug-likeness (QED) is 0.543. The minimum absolute atomic E-state index is 0.0535. The van der Waals surface area contributed by atoms with Crippen LogP contribution in [0.4, 0.5) is 0 Å². The van der Waals surface area contributed by atoms with Crippen molar-refractivity contribution in [3.63, 3.8) is 0 Å². The minimum atomic E-state index is -2.51. The van der Waals surface area contributed by atoms with E-state index in [1.807, 2.05) is 25.1 Å². The van der Waals surface area contributed by atoms with Crippen molar-refractivity contribution in [1.29, 1.82) is 0 Å². The summed E-state index contributed by atoms with van der Waals surface area (Å²) in [5, 5.41) is 0.480. The second-order valence-electron chi connectivity index (χ2n) is 4.57. The van der Waals surface area contributed by atoms with E-state index in [4.69, 9.17) is 14.7 Å². The molecule has 4 nitrogen and oxygen atoms in total. The molecule has 0 saturated heterocycles. The summed E-state index contributed by atoms with van der Waals surface area (Å²) in [5.74, 6) is -0.488. The van der Waals surface area contributed by atoms with Crippen molar-refractivity contribution >= 4 is 44.0 Å². The van der Waals surface area contributed by atoms with Crippen LogP contribution in [0.5, 0.6) is 0 Å². The van der Waals surface area contributed by atoms with Gasteiger partial charge in [0, 0.05) is 0 Å². The molecule has 0 bridgehead atoms. The van der Waals surface area contributed by atoms with Crippen molar-refractivity contribution in [1.82, 2.24) is 3.11 Å². The molecule has 0 radical (unpaired) electrons. The van der Waals surface area contributed by atoms with Crippen molar-refractivity contribution in [3.05, 3.63) is 68.3 Å². The zero-order chi connectivity index (χ0) is 15.7. The summed E-state index contributed by atoms with van der Waals surface area (Å²) in [5.41, 5.74) is 1.05. The van der Waals surface area contributed by atoms with E-state index in [-0.39, 0.29) is 5.91 Å². The fourth-order valence-electron chi connectivity index (χ4n) is 2.15. The third kappa shape index (κ3) is 2.70. The van der Waals surface area contributed by atoms with Gasteiger partial charge >= 0.3 is 141 Å². The molecule has 1 amide bonds. The fraction of sp³-hybridized carbons (Fsp3) is 0.125. The summed E-state index contributed by atoms with van der Waals surface area (Å²) in [6, 6.07) is 14.0. The maximum atomic E-state index is 12.4. The van der Waals surface area contributed by atoms with Gasteiger partial charge in [0.1, 0.15) is 0 Å². The predicted octanol–water partition coefficient (Wildman–Crippen LogP) is 4.18. The molecule has 0 aliphatic carbocycles. The Morgan fingerprint density at radius 2 is 2.00 bits per heavy atom. The molecule has 114 valence electrons. The molecule has 1 heterocycles. The van der Waals surface area contributed by atoms with E-state index < -0.39 is 26.5 Å². The van der Waals surface area contributed by atoms with Gasteiger partial charge in [0.25, 0.3) is 0 Å². The topological polar surface area (TPSA) is 46.6 Å². The van der Waals surface area contributed by atoms with E-state index in [2.05, 4.69) is 0 Å². The van der Waals surface area contributed by atoms with Gasteiger partial charge in [0.15, 0.2) is 0 Å². The van der Waals surface area contributed by atoms with Crippen molar-refractivity contribution in [2.75, 3.05) is 6.54 Å². The summed E-state index contributed by atoms with van der Waals surface area (Å²) < 4.78 is 8.28. The van der Waals surface area contributed by atoms with E-state index >= 15 is 0 Å².